The van der Waals surface area contributed by atoms with Crippen molar-refractivity contribution in [3.05, 3.63) is 143 Å². The highest BCUT2D eigenvalue weighted by atomic mass is 35.5. The SMILES string of the molecule is CCOC(=O)C1=C(c2ccccc2)N=c2s/c(=C\c3ccc(-c4ccc(Cl)cc4Cl)o3)c(=O)n2C1c1ccc(C(C)C)cc1. The molecular weight excluding hydrogens is 615 g/mol. The highest BCUT2D eigenvalue weighted by Gasteiger charge is 2.35. The Morgan fingerprint density at radius 2 is 1.80 bits per heavy atom. The number of rotatable bonds is 7. The molecule has 2 aromatic heterocycles. The topological polar surface area (TPSA) is 73.8 Å². The molecule has 0 saturated carbocycles. The van der Waals surface area contributed by atoms with Crippen LogP contribution in [0.3, 0.4) is 0 Å². The number of furan rings is 1. The minimum atomic E-state index is -0.746. The van der Waals surface area contributed by atoms with Crippen LogP contribution < -0.4 is 14.9 Å². The van der Waals surface area contributed by atoms with Gasteiger partial charge in [0.1, 0.15) is 11.5 Å². The molecule has 5 aromatic rings. The molecule has 0 aliphatic carbocycles. The maximum Gasteiger partial charge on any atom is 0.338 e. The first-order valence-corrected chi connectivity index (χ1v) is 15.8. The number of carbonyl (C=O) groups is 1. The van der Waals surface area contributed by atoms with Crippen molar-refractivity contribution in [1.29, 1.82) is 0 Å². The zero-order chi connectivity index (χ0) is 31.0. The zero-order valence-corrected chi connectivity index (χ0v) is 26.5. The monoisotopic (exact) mass is 642 g/mol. The highest BCUT2D eigenvalue weighted by Crippen LogP contribution is 2.36. The van der Waals surface area contributed by atoms with Gasteiger partial charge >= 0.3 is 5.97 Å². The predicted octanol–water partition coefficient (Wildman–Crippen LogP) is 7.63. The number of benzene rings is 3. The van der Waals surface area contributed by atoms with Crippen LogP contribution in [0.1, 0.15) is 55.2 Å². The smallest absolute Gasteiger partial charge is 0.338 e. The van der Waals surface area contributed by atoms with Crippen LogP contribution in [-0.4, -0.2) is 17.1 Å². The molecule has 6 rings (SSSR count). The first-order valence-electron chi connectivity index (χ1n) is 14.2. The molecule has 0 bridgehead atoms. The fourth-order valence-electron chi connectivity index (χ4n) is 5.21. The summed E-state index contributed by atoms with van der Waals surface area (Å²) in [6, 6.07) is 25.5. The van der Waals surface area contributed by atoms with Crippen LogP contribution in [0.15, 0.2) is 105 Å². The standard InChI is InChI=1S/C35H28Cl2N2O4S/c1-4-42-34(41)30-31(22-8-6-5-7-9-22)38-35-39(32(30)23-12-10-21(11-13-23)20(2)3)33(40)29(44-35)19-25-15-17-28(43-25)26-16-14-24(36)18-27(26)37/h5-20,32H,4H2,1-3H3/b29-19-. The Morgan fingerprint density at radius 3 is 2.48 bits per heavy atom. The molecule has 0 radical (unpaired) electrons. The average molecular weight is 644 g/mol. The Labute approximate surface area is 268 Å². The van der Waals surface area contributed by atoms with Gasteiger partial charge in [0.2, 0.25) is 0 Å². The molecule has 3 aromatic carbocycles. The molecule has 44 heavy (non-hydrogen) atoms. The van der Waals surface area contributed by atoms with Gasteiger partial charge in [0.05, 0.1) is 33.5 Å². The number of hydrogen-bond donors (Lipinski definition) is 0. The van der Waals surface area contributed by atoms with Gasteiger partial charge in [-0.1, -0.05) is 103 Å². The third-order valence-electron chi connectivity index (χ3n) is 7.39. The second-order valence-corrected chi connectivity index (χ2v) is 12.4. The Bertz CT molecular complexity index is 2070. The van der Waals surface area contributed by atoms with Crippen molar-refractivity contribution in [2.75, 3.05) is 6.61 Å². The minimum Gasteiger partial charge on any atom is -0.463 e. The minimum absolute atomic E-state index is 0.187. The molecule has 1 unspecified atom stereocenters. The summed E-state index contributed by atoms with van der Waals surface area (Å²) < 4.78 is 13.6. The Hall–Kier alpha value is -4.17. The Morgan fingerprint density at radius 1 is 1.05 bits per heavy atom. The van der Waals surface area contributed by atoms with E-state index in [9.17, 15) is 9.59 Å². The average Bonchev–Trinajstić information content (AvgIpc) is 3.60. The molecule has 0 N–H and O–H groups in total. The molecule has 222 valence electrons. The maximum atomic E-state index is 14.1. The highest BCUT2D eigenvalue weighted by molar-refractivity contribution is 7.07. The molecule has 3 heterocycles. The molecular formula is C35H28Cl2N2O4S. The van der Waals surface area contributed by atoms with E-state index < -0.39 is 12.0 Å². The van der Waals surface area contributed by atoms with E-state index >= 15 is 0 Å². The van der Waals surface area contributed by atoms with Crippen molar-refractivity contribution in [3.8, 4) is 11.3 Å². The van der Waals surface area contributed by atoms with Crippen LogP contribution in [0.4, 0.5) is 0 Å². The van der Waals surface area contributed by atoms with E-state index in [-0.39, 0.29) is 12.2 Å². The van der Waals surface area contributed by atoms with Gasteiger partial charge in [0, 0.05) is 22.2 Å². The zero-order valence-electron chi connectivity index (χ0n) is 24.2. The first kappa shape index (κ1) is 29.9. The van der Waals surface area contributed by atoms with Crippen LogP contribution in [0.2, 0.25) is 10.0 Å². The summed E-state index contributed by atoms with van der Waals surface area (Å²) >= 11 is 13.7. The number of halogens is 2. The lowest BCUT2D eigenvalue weighted by Crippen LogP contribution is -2.40. The van der Waals surface area contributed by atoms with Gasteiger partial charge in [-0.05, 0) is 54.3 Å². The van der Waals surface area contributed by atoms with Gasteiger partial charge in [-0.25, -0.2) is 9.79 Å². The lowest BCUT2D eigenvalue weighted by molar-refractivity contribution is -0.138. The number of thiazole rings is 1. The maximum absolute atomic E-state index is 14.1. The van der Waals surface area contributed by atoms with E-state index in [0.29, 0.717) is 53.7 Å². The van der Waals surface area contributed by atoms with Crippen molar-refractivity contribution >= 4 is 52.3 Å². The van der Waals surface area contributed by atoms with Gasteiger partial charge in [-0.15, -0.1) is 0 Å². The molecule has 6 nitrogen and oxygen atoms in total. The van der Waals surface area contributed by atoms with Gasteiger partial charge in [0.15, 0.2) is 4.80 Å². The molecule has 0 spiro atoms. The number of aromatic nitrogens is 1. The molecule has 1 aliphatic rings. The quantitative estimate of drug-likeness (QED) is 0.171. The van der Waals surface area contributed by atoms with E-state index in [2.05, 4.69) is 13.8 Å². The number of fused-ring (bicyclic) bond motifs is 1. The van der Waals surface area contributed by atoms with Crippen LogP contribution in [-0.2, 0) is 9.53 Å². The van der Waals surface area contributed by atoms with E-state index in [1.165, 1.54) is 11.3 Å². The number of esters is 1. The number of hydrogen-bond acceptors (Lipinski definition) is 6. The van der Waals surface area contributed by atoms with Crippen molar-refractivity contribution in [2.45, 2.75) is 32.7 Å². The normalized spacial score (nSPS) is 15.0. The Kier molecular flexibility index (Phi) is 8.45. The summed E-state index contributed by atoms with van der Waals surface area (Å²) in [7, 11) is 0. The second kappa shape index (κ2) is 12.4. The predicted molar refractivity (Wildman–Crippen MR) is 176 cm³/mol. The van der Waals surface area contributed by atoms with Crippen LogP contribution in [0, 0.1) is 0 Å². The van der Waals surface area contributed by atoms with Crippen LogP contribution >= 0.6 is 34.5 Å². The van der Waals surface area contributed by atoms with Crippen LogP contribution in [0.25, 0.3) is 23.1 Å². The Balaban J connectivity index is 1.55. The summed E-state index contributed by atoms with van der Waals surface area (Å²) in [6.07, 6.45) is 1.69. The molecule has 9 heteroatoms. The van der Waals surface area contributed by atoms with E-state index in [0.717, 1.165) is 16.7 Å². The second-order valence-electron chi connectivity index (χ2n) is 10.6. The summed E-state index contributed by atoms with van der Waals surface area (Å²) in [4.78, 5) is 33.2. The summed E-state index contributed by atoms with van der Waals surface area (Å²) in [6.45, 7) is 6.19. The van der Waals surface area contributed by atoms with Gasteiger partial charge in [0.25, 0.3) is 5.56 Å². The number of nitrogens with zero attached hydrogens (tertiary/aromatic N) is 2. The van der Waals surface area contributed by atoms with Gasteiger partial charge in [-0.3, -0.25) is 9.36 Å². The fraction of sp³-hybridized carbons (Fsp3) is 0.171. The third-order valence-corrected chi connectivity index (χ3v) is 8.92. The third kappa shape index (κ3) is 5.71. The summed E-state index contributed by atoms with van der Waals surface area (Å²) in [5.74, 6) is 0.830. The van der Waals surface area contributed by atoms with E-state index in [1.807, 2.05) is 54.6 Å². The fourth-order valence-corrected chi connectivity index (χ4v) is 6.70. The number of carbonyl (C=O) groups excluding carboxylic acids is 1. The van der Waals surface area contributed by atoms with Crippen molar-refractivity contribution in [3.63, 3.8) is 0 Å². The van der Waals surface area contributed by atoms with Crippen LogP contribution in [0.5, 0.6) is 0 Å². The van der Waals surface area contributed by atoms with E-state index in [1.54, 1.807) is 47.9 Å². The lowest BCUT2D eigenvalue weighted by atomic mass is 9.91. The molecule has 0 fully saturated rings. The number of ether oxygens (including phenoxy) is 1. The van der Waals surface area contributed by atoms with Gasteiger partial charge < -0.3 is 9.15 Å². The summed E-state index contributed by atoms with van der Waals surface area (Å²) in [5, 5.41) is 0.985. The molecule has 1 aliphatic heterocycles. The summed E-state index contributed by atoms with van der Waals surface area (Å²) in [5.41, 5.74) is 3.88. The molecule has 0 amide bonds. The largest absolute Gasteiger partial charge is 0.463 e. The van der Waals surface area contributed by atoms with Crippen molar-refractivity contribution in [1.82, 2.24) is 4.57 Å². The lowest BCUT2D eigenvalue weighted by Gasteiger charge is -2.26. The van der Waals surface area contributed by atoms with Gasteiger partial charge in [-0.2, -0.15) is 0 Å². The molecule has 1 atom stereocenters. The molecule has 0 saturated heterocycles. The van der Waals surface area contributed by atoms with Crippen molar-refractivity contribution < 1.29 is 13.9 Å². The van der Waals surface area contributed by atoms with E-state index in [4.69, 9.17) is 37.3 Å². The first-order chi connectivity index (χ1) is 21.2. The van der Waals surface area contributed by atoms with Crippen molar-refractivity contribution in [2.24, 2.45) is 4.99 Å².